The highest BCUT2D eigenvalue weighted by Gasteiger charge is 2.19. The van der Waals surface area contributed by atoms with Crippen LogP contribution in [0.15, 0.2) is 36.8 Å². The molecule has 41 heavy (non-hydrogen) atoms. The first-order chi connectivity index (χ1) is 19.8. The Morgan fingerprint density at radius 1 is 1.10 bits per heavy atom. The minimum atomic E-state index is -0.782. The molecule has 0 aliphatic heterocycles. The summed E-state index contributed by atoms with van der Waals surface area (Å²) in [6.07, 6.45) is 2.67. The summed E-state index contributed by atoms with van der Waals surface area (Å²) in [5, 5.41) is 11.8. The molecule has 1 amide bonds. The van der Waals surface area contributed by atoms with Crippen molar-refractivity contribution in [2.45, 2.75) is 20.0 Å². The minimum Gasteiger partial charge on any atom is -0.480 e. The number of aliphatic hydroxyl groups is 1. The van der Waals surface area contributed by atoms with Gasteiger partial charge >= 0.3 is 12.1 Å². The van der Waals surface area contributed by atoms with E-state index in [0.29, 0.717) is 32.3 Å². The summed E-state index contributed by atoms with van der Waals surface area (Å²) in [7, 11) is 1.52. The fourth-order valence-corrected chi connectivity index (χ4v) is 4.63. The van der Waals surface area contributed by atoms with Crippen LogP contribution in [0.25, 0.3) is 32.0 Å². The smallest absolute Gasteiger partial charge is 0.411 e. The van der Waals surface area contributed by atoms with E-state index < -0.39 is 18.0 Å². The molecule has 0 saturated heterocycles. The lowest BCUT2D eigenvalue weighted by atomic mass is 10.1. The molecule has 0 aliphatic rings. The Labute approximate surface area is 236 Å². The van der Waals surface area contributed by atoms with Crippen molar-refractivity contribution in [2.75, 3.05) is 32.2 Å². The van der Waals surface area contributed by atoms with Gasteiger partial charge in [0.25, 0.3) is 5.88 Å². The highest BCUT2D eigenvalue weighted by molar-refractivity contribution is 7.21. The molecule has 0 aliphatic carbocycles. The predicted octanol–water partition coefficient (Wildman–Crippen LogP) is 3.93. The number of rotatable bonds is 10. The molecular weight excluding hydrogens is 557 g/mol. The lowest BCUT2D eigenvalue weighted by molar-refractivity contribution is 0.0941. The standard InChI is InChI=1S/C26H24FN7O6S/c1-13-6-16(21-18(7-13)32-20(37-3)11-28-21)23-33-19-8-17(27)22(34-24(19)41-23)40-14(2)12-39-26(36)31-15-9-29-25(30-10-15)38-5-4-35/h6-11,14,35H,4-5,12H2,1-3H3,(H,31,36)/t14-/m0/s1. The molecule has 0 saturated carbocycles. The van der Waals surface area contributed by atoms with Gasteiger partial charge in [-0.25, -0.2) is 34.1 Å². The Kier molecular flexibility index (Phi) is 8.26. The van der Waals surface area contributed by atoms with Crippen molar-refractivity contribution in [2.24, 2.45) is 0 Å². The van der Waals surface area contributed by atoms with Gasteiger partial charge in [-0.1, -0.05) is 11.3 Å². The van der Waals surface area contributed by atoms with Gasteiger partial charge in [-0.2, -0.15) is 4.98 Å². The Bertz CT molecular complexity index is 1700. The third kappa shape index (κ3) is 6.53. The molecule has 1 aromatic carbocycles. The van der Waals surface area contributed by atoms with Crippen LogP contribution in [0, 0.1) is 12.7 Å². The van der Waals surface area contributed by atoms with E-state index >= 15 is 0 Å². The van der Waals surface area contributed by atoms with E-state index in [1.807, 2.05) is 19.1 Å². The SMILES string of the molecule is COc1cnc2c(-c3nc4cc(F)c(O[C@@H](C)COC(=O)Nc5cnc(OCCO)nc5)nc4s3)cc(C)cc2n1. The first-order valence-corrected chi connectivity index (χ1v) is 13.1. The highest BCUT2D eigenvalue weighted by Crippen LogP contribution is 2.35. The van der Waals surface area contributed by atoms with E-state index in [1.165, 1.54) is 43.1 Å². The van der Waals surface area contributed by atoms with E-state index in [9.17, 15) is 9.18 Å². The third-order valence-corrected chi connectivity index (χ3v) is 6.47. The molecule has 15 heteroatoms. The zero-order valence-electron chi connectivity index (χ0n) is 22.1. The number of methoxy groups -OCH3 is 1. The van der Waals surface area contributed by atoms with Gasteiger partial charge in [0.05, 0.1) is 49.0 Å². The number of nitrogens with zero attached hydrogens (tertiary/aromatic N) is 6. The van der Waals surface area contributed by atoms with Crippen LogP contribution in [0.5, 0.6) is 17.8 Å². The number of aryl methyl sites for hydroxylation is 1. The molecule has 1 atom stereocenters. The average molecular weight is 582 g/mol. The van der Waals surface area contributed by atoms with Gasteiger partial charge in [-0.15, -0.1) is 0 Å². The van der Waals surface area contributed by atoms with E-state index in [2.05, 4.69) is 35.2 Å². The number of hydrogen-bond acceptors (Lipinski definition) is 13. The summed E-state index contributed by atoms with van der Waals surface area (Å²) in [5.74, 6) is -0.549. The molecule has 5 aromatic rings. The molecule has 2 N–H and O–H groups in total. The van der Waals surface area contributed by atoms with Gasteiger partial charge in [-0.05, 0) is 31.5 Å². The third-order valence-electron chi connectivity index (χ3n) is 5.47. The molecule has 4 heterocycles. The van der Waals surface area contributed by atoms with Crippen LogP contribution in [-0.2, 0) is 4.74 Å². The van der Waals surface area contributed by atoms with Crippen LogP contribution in [0.1, 0.15) is 12.5 Å². The molecule has 0 radical (unpaired) electrons. The molecule has 4 aromatic heterocycles. The molecule has 13 nitrogen and oxygen atoms in total. The zero-order chi connectivity index (χ0) is 28.9. The average Bonchev–Trinajstić information content (AvgIpc) is 3.37. The van der Waals surface area contributed by atoms with Crippen LogP contribution in [0.3, 0.4) is 0 Å². The summed E-state index contributed by atoms with van der Waals surface area (Å²) in [6, 6.07) is 5.14. The number of carbonyl (C=O) groups excluding carboxylic acids is 1. The van der Waals surface area contributed by atoms with Crippen LogP contribution in [0.4, 0.5) is 14.9 Å². The topological polar surface area (TPSA) is 164 Å². The highest BCUT2D eigenvalue weighted by atomic mass is 32.1. The van der Waals surface area contributed by atoms with E-state index in [-0.39, 0.29) is 37.4 Å². The Morgan fingerprint density at radius 2 is 1.90 bits per heavy atom. The number of anilines is 1. The van der Waals surface area contributed by atoms with Gasteiger partial charge in [-0.3, -0.25) is 5.32 Å². The van der Waals surface area contributed by atoms with Crippen molar-refractivity contribution in [3.63, 3.8) is 0 Å². The number of amides is 1. The van der Waals surface area contributed by atoms with Crippen LogP contribution >= 0.6 is 11.3 Å². The van der Waals surface area contributed by atoms with Gasteiger partial charge in [0.15, 0.2) is 5.82 Å². The van der Waals surface area contributed by atoms with Gasteiger partial charge in [0, 0.05) is 11.6 Å². The van der Waals surface area contributed by atoms with Gasteiger partial charge in [0.2, 0.25) is 5.88 Å². The monoisotopic (exact) mass is 581 g/mol. The number of fused-ring (bicyclic) bond motifs is 2. The number of benzene rings is 1. The van der Waals surface area contributed by atoms with E-state index in [4.69, 9.17) is 24.1 Å². The molecule has 0 spiro atoms. The van der Waals surface area contributed by atoms with Crippen LogP contribution < -0.4 is 19.5 Å². The maximum absolute atomic E-state index is 14.9. The predicted molar refractivity (Wildman–Crippen MR) is 147 cm³/mol. The maximum atomic E-state index is 14.9. The summed E-state index contributed by atoms with van der Waals surface area (Å²) >= 11 is 1.26. The maximum Gasteiger partial charge on any atom is 0.411 e. The second-order valence-corrected chi connectivity index (χ2v) is 9.67. The first-order valence-electron chi connectivity index (χ1n) is 12.3. The summed E-state index contributed by atoms with van der Waals surface area (Å²) in [6.45, 7) is 3.23. The second kappa shape index (κ2) is 12.2. The quantitative estimate of drug-likeness (QED) is 0.245. The fourth-order valence-electron chi connectivity index (χ4n) is 3.70. The molecule has 0 bridgehead atoms. The van der Waals surface area contributed by atoms with Crippen LogP contribution in [-0.4, -0.2) is 74.1 Å². The Balaban J connectivity index is 1.25. The fraction of sp³-hybridized carbons (Fsp3) is 0.269. The molecule has 5 rings (SSSR count). The zero-order valence-corrected chi connectivity index (χ0v) is 22.9. The molecule has 0 unspecified atom stereocenters. The van der Waals surface area contributed by atoms with Crippen molar-refractivity contribution < 1.29 is 33.2 Å². The summed E-state index contributed by atoms with van der Waals surface area (Å²) in [5.41, 5.74) is 3.61. The first kappa shape index (κ1) is 27.8. The number of hydrogen-bond donors (Lipinski definition) is 2. The molecule has 212 valence electrons. The number of halogens is 1. The lowest BCUT2D eigenvalue weighted by Crippen LogP contribution is -2.25. The van der Waals surface area contributed by atoms with Crippen molar-refractivity contribution in [1.29, 1.82) is 0 Å². The van der Waals surface area contributed by atoms with Gasteiger partial charge < -0.3 is 24.1 Å². The Morgan fingerprint density at radius 3 is 2.66 bits per heavy atom. The largest absolute Gasteiger partial charge is 0.480 e. The lowest BCUT2D eigenvalue weighted by Gasteiger charge is -2.14. The van der Waals surface area contributed by atoms with Crippen molar-refractivity contribution >= 4 is 44.5 Å². The number of aromatic nitrogens is 6. The number of carbonyl (C=O) groups is 1. The molecule has 0 fully saturated rings. The van der Waals surface area contributed by atoms with E-state index in [0.717, 1.165) is 11.1 Å². The van der Waals surface area contributed by atoms with Gasteiger partial charge in [0.1, 0.15) is 34.7 Å². The van der Waals surface area contributed by atoms with E-state index in [1.54, 1.807) is 6.92 Å². The summed E-state index contributed by atoms with van der Waals surface area (Å²) < 4.78 is 35.9. The number of ether oxygens (including phenoxy) is 4. The normalized spacial score (nSPS) is 11.8. The molecular formula is C26H24FN7O6S. The van der Waals surface area contributed by atoms with Crippen molar-refractivity contribution in [3.05, 3.63) is 48.2 Å². The van der Waals surface area contributed by atoms with Crippen molar-refractivity contribution in [3.8, 4) is 28.3 Å². The number of thiazole rings is 1. The van der Waals surface area contributed by atoms with Crippen LogP contribution in [0.2, 0.25) is 0 Å². The second-order valence-electron chi connectivity index (χ2n) is 8.69. The van der Waals surface area contributed by atoms with Crippen molar-refractivity contribution in [1.82, 2.24) is 29.9 Å². The number of nitrogens with one attached hydrogen (secondary N) is 1. The minimum absolute atomic E-state index is 0.0500. The summed E-state index contributed by atoms with van der Waals surface area (Å²) in [4.78, 5) is 38.2. The Hall–Kier alpha value is -4.76. The number of pyridine rings is 1. The number of aliphatic hydroxyl groups excluding tert-OH is 1.